The summed E-state index contributed by atoms with van der Waals surface area (Å²) in [6, 6.07) is 5.91. The van der Waals surface area contributed by atoms with Gasteiger partial charge in [0.2, 0.25) is 0 Å². The van der Waals surface area contributed by atoms with Crippen molar-refractivity contribution in [1.82, 2.24) is 19.5 Å². The Morgan fingerprint density at radius 3 is 2.74 bits per heavy atom. The lowest BCUT2D eigenvalue weighted by molar-refractivity contribution is 0.198. The number of anilines is 1. The van der Waals surface area contributed by atoms with E-state index >= 15 is 0 Å². The molecule has 1 saturated heterocycles. The number of aliphatic hydroxyl groups excluding tert-OH is 1. The fourth-order valence-electron chi connectivity index (χ4n) is 3.41. The normalized spacial score (nSPS) is 17.8. The lowest BCUT2D eigenvalue weighted by Crippen LogP contribution is -2.25. The second-order valence-electron chi connectivity index (χ2n) is 8.14. The number of hydrogen-bond donors (Lipinski definition) is 1. The van der Waals surface area contributed by atoms with Crippen LogP contribution in [0.5, 0.6) is 0 Å². The molecule has 0 aliphatic carbocycles. The number of aliphatic hydroxyl groups is 1. The van der Waals surface area contributed by atoms with Gasteiger partial charge in [0.15, 0.2) is 0 Å². The maximum absolute atomic E-state index is 9.98. The van der Waals surface area contributed by atoms with E-state index in [1.807, 2.05) is 24.4 Å². The Morgan fingerprint density at radius 1 is 1.26 bits per heavy atom. The van der Waals surface area contributed by atoms with Gasteiger partial charge in [0.1, 0.15) is 22.4 Å². The fraction of sp³-hybridized carbons (Fsp3) is 0.450. The first kappa shape index (κ1) is 18.2. The Balaban J connectivity index is 1.84. The van der Waals surface area contributed by atoms with Crippen LogP contribution in [-0.4, -0.2) is 43.8 Å². The van der Waals surface area contributed by atoms with Crippen LogP contribution >= 0.6 is 11.6 Å². The van der Waals surface area contributed by atoms with Gasteiger partial charge in [0, 0.05) is 36.5 Å². The van der Waals surface area contributed by atoms with E-state index in [2.05, 4.69) is 35.2 Å². The summed E-state index contributed by atoms with van der Waals surface area (Å²) in [5.74, 6) is 1.70. The molecule has 1 aliphatic heterocycles. The van der Waals surface area contributed by atoms with Crippen LogP contribution in [0.1, 0.15) is 38.6 Å². The minimum atomic E-state index is -0.301. The van der Waals surface area contributed by atoms with Crippen molar-refractivity contribution in [2.45, 2.75) is 45.3 Å². The number of fused-ring (bicyclic) bond motifs is 1. The fourth-order valence-corrected chi connectivity index (χ4v) is 3.59. The summed E-state index contributed by atoms with van der Waals surface area (Å²) in [6.07, 6.45) is 4.17. The molecule has 0 aromatic carbocycles. The first-order chi connectivity index (χ1) is 12.8. The van der Waals surface area contributed by atoms with Crippen molar-refractivity contribution in [3.8, 4) is 0 Å². The van der Waals surface area contributed by atoms with Crippen molar-refractivity contribution in [2.24, 2.45) is 0 Å². The summed E-state index contributed by atoms with van der Waals surface area (Å²) in [7, 11) is 0. The Bertz CT molecular complexity index is 978. The molecule has 0 spiro atoms. The maximum atomic E-state index is 9.98. The van der Waals surface area contributed by atoms with E-state index in [1.165, 1.54) is 0 Å². The SMILES string of the molecule is CC(C)(C)c1nc(N2CC[C@H](O)C2)c2ccn(Cc3cccnc3Cl)c2n1. The van der Waals surface area contributed by atoms with Gasteiger partial charge in [-0.25, -0.2) is 15.0 Å². The molecular formula is C20H24ClN5O. The highest BCUT2D eigenvalue weighted by Crippen LogP contribution is 2.31. The van der Waals surface area contributed by atoms with Gasteiger partial charge in [-0.1, -0.05) is 38.4 Å². The third-order valence-electron chi connectivity index (χ3n) is 4.91. The Morgan fingerprint density at radius 2 is 2.07 bits per heavy atom. The molecule has 3 aromatic heterocycles. The van der Waals surface area contributed by atoms with E-state index in [9.17, 15) is 5.11 Å². The van der Waals surface area contributed by atoms with Gasteiger partial charge in [-0.3, -0.25) is 0 Å². The Hall–Kier alpha value is -2.18. The van der Waals surface area contributed by atoms with Crippen LogP contribution < -0.4 is 4.90 Å². The number of halogens is 1. The van der Waals surface area contributed by atoms with Gasteiger partial charge in [0.05, 0.1) is 18.0 Å². The van der Waals surface area contributed by atoms with Crippen LogP contribution in [0.15, 0.2) is 30.6 Å². The molecule has 4 rings (SSSR count). The van der Waals surface area contributed by atoms with Crippen LogP contribution in [0.2, 0.25) is 5.15 Å². The summed E-state index contributed by atoms with van der Waals surface area (Å²) in [5, 5.41) is 11.5. The predicted molar refractivity (Wildman–Crippen MR) is 107 cm³/mol. The summed E-state index contributed by atoms with van der Waals surface area (Å²) < 4.78 is 2.09. The van der Waals surface area contributed by atoms with Gasteiger partial charge in [-0.15, -0.1) is 0 Å². The molecule has 6 nitrogen and oxygen atoms in total. The number of β-amino-alcohol motifs (C(OH)–C–C–N with tert-alkyl or cyclic N) is 1. The van der Waals surface area contributed by atoms with Crippen LogP contribution in [0, 0.1) is 0 Å². The average Bonchev–Trinajstić information content (AvgIpc) is 3.22. The summed E-state index contributed by atoms with van der Waals surface area (Å²) >= 11 is 6.25. The zero-order valence-corrected chi connectivity index (χ0v) is 16.6. The van der Waals surface area contributed by atoms with Gasteiger partial charge in [-0.05, 0) is 18.6 Å². The molecule has 0 amide bonds. The number of aromatic nitrogens is 4. The van der Waals surface area contributed by atoms with E-state index in [1.54, 1.807) is 6.20 Å². The van der Waals surface area contributed by atoms with Crippen molar-refractivity contribution in [3.63, 3.8) is 0 Å². The highest BCUT2D eigenvalue weighted by atomic mass is 35.5. The first-order valence-electron chi connectivity index (χ1n) is 9.22. The van der Waals surface area contributed by atoms with Crippen molar-refractivity contribution < 1.29 is 5.11 Å². The van der Waals surface area contributed by atoms with E-state index in [0.29, 0.717) is 18.2 Å². The van der Waals surface area contributed by atoms with E-state index in [-0.39, 0.29) is 11.5 Å². The molecule has 0 unspecified atom stereocenters. The summed E-state index contributed by atoms with van der Waals surface area (Å²) in [5.41, 5.74) is 1.65. The van der Waals surface area contributed by atoms with Gasteiger partial charge < -0.3 is 14.6 Å². The molecule has 0 bridgehead atoms. The van der Waals surface area contributed by atoms with Crippen molar-refractivity contribution in [3.05, 3.63) is 47.1 Å². The zero-order valence-electron chi connectivity index (χ0n) is 15.9. The van der Waals surface area contributed by atoms with E-state index in [4.69, 9.17) is 21.6 Å². The third-order valence-corrected chi connectivity index (χ3v) is 5.25. The van der Waals surface area contributed by atoms with Crippen LogP contribution in [0.3, 0.4) is 0 Å². The minimum absolute atomic E-state index is 0.178. The lowest BCUT2D eigenvalue weighted by Gasteiger charge is -2.23. The second-order valence-corrected chi connectivity index (χ2v) is 8.50. The largest absolute Gasteiger partial charge is 0.391 e. The molecule has 0 saturated carbocycles. The Kier molecular flexibility index (Phi) is 4.56. The standard InChI is InChI=1S/C20H24ClN5O/c1-20(2,3)19-23-17-15(18(24-19)26-9-6-14(27)12-26)7-10-25(17)11-13-5-4-8-22-16(13)21/h4-5,7-8,10,14,27H,6,9,11-12H2,1-3H3/t14-/m0/s1. The quantitative estimate of drug-likeness (QED) is 0.700. The lowest BCUT2D eigenvalue weighted by atomic mass is 9.95. The number of rotatable bonds is 3. The highest BCUT2D eigenvalue weighted by Gasteiger charge is 2.27. The minimum Gasteiger partial charge on any atom is -0.391 e. The topological polar surface area (TPSA) is 67.1 Å². The van der Waals surface area contributed by atoms with Gasteiger partial charge >= 0.3 is 0 Å². The molecule has 0 radical (unpaired) electrons. The smallest absolute Gasteiger partial charge is 0.146 e. The number of nitrogens with zero attached hydrogens (tertiary/aromatic N) is 5. The maximum Gasteiger partial charge on any atom is 0.146 e. The predicted octanol–water partition coefficient (Wildman–Crippen LogP) is 3.40. The molecule has 27 heavy (non-hydrogen) atoms. The van der Waals surface area contributed by atoms with Crippen LogP contribution in [0.25, 0.3) is 11.0 Å². The zero-order chi connectivity index (χ0) is 19.2. The van der Waals surface area contributed by atoms with Crippen molar-refractivity contribution in [2.75, 3.05) is 18.0 Å². The number of pyridine rings is 1. The second kappa shape index (κ2) is 6.77. The summed E-state index contributed by atoms with van der Waals surface area (Å²) in [6.45, 7) is 8.34. The monoisotopic (exact) mass is 385 g/mol. The average molecular weight is 386 g/mol. The Labute approximate surface area is 163 Å². The van der Waals surface area contributed by atoms with E-state index in [0.717, 1.165) is 41.2 Å². The number of hydrogen-bond acceptors (Lipinski definition) is 5. The molecule has 1 N–H and O–H groups in total. The molecule has 1 fully saturated rings. The van der Waals surface area contributed by atoms with Crippen LogP contribution in [0.4, 0.5) is 5.82 Å². The van der Waals surface area contributed by atoms with E-state index < -0.39 is 0 Å². The molecular weight excluding hydrogens is 362 g/mol. The van der Waals surface area contributed by atoms with Gasteiger partial charge in [0.25, 0.3) is 0 Å². The molecule has 1 aliphatic rings. The first-order valence-corrected chi connectivity index (χ1v) is 9.60. The van der Waals surface area contributed by atoms with Crippen molar-refractivity contribution >= 4 is 28.5 Å². The molecule has 142 valence electrons. The molecule has 3 aromatic rings. The molecule has 1 atom stereocenters. The van der Waals surface area contributed by atoms with Gasteiger partial charge in [-0.2, -0.15) is 0 Å². The highest BCUT2D eigenvalue weighted by molar-refractivity contribution is 6.30. The third kappa shape index (κ3) is 3.51. The van der Waals surface area contributed by atoms with Crippen molar-refractivity contribution in [1.29, 1.82) is 0 Å². The molecule has 7 heteroatoms. The molecule has 4 heterocycles. The summed E-state index contributed by atoms with van der Waals surface area (Å²) in [4.78, 5) is 16.1. The van der Waals surface area contributed by atoms with Crippen LogP contribution in [-0.2, 0) is 12.0 Å².